The van der Waals surface area contributed by atoms with E-state index in [1.54, 1.807) is 12.1 Å². The van der Waals surface area contributed by atoms with Crippen molar-refractivity contribution in [3.8, 4) is 0 Å². The zero-order chi connectivity index (χ0) is 35.3. The van der Waals surface area contributed by atoms with Crippen LogP contribution in [0.15, 0.2) is 205 Å². The number of benzene rings is 7. The Hall–Kier alpha value is -6.62. The molecule has 0 bridgehead atoms. The SMILES string of the molecule is O=C1/C(=C\c2ccc(N(c3ccccc3)c3ccccc3)cc2)C(=O)c2cc(/C=C/[Si](c3ccccc3)(c3ccccc3)c3ccccc3)ccc21. The van der Waals surface area contributed by atoms with Gasteiger partial charge in [-0.2, -0.15) is 0 Å². The molecule has 7 aromatic carbocycles. The molecule has 0 N–H and O–H groups in total. The van der Waals surface area contributed by atoms with Gasteiger partial charge in [-0.15, -0.1) is 0 Å². The maximum Gasteiger partial charge on any atom is 0.197 e. The molecule has 0 aromatic heterocycles. The van der Waals surface area contributed by atoms with E-state index in [4.69, 9.17) is 0 Å². The summed E-state index contributed by atoms with van der Waals surface area (Å²) >= 11 is 0. The van der Waals surface area contributed by atoms with Crippen molar-refractivity contribution in [2.24, 2.45) is 0 Å². The van der Waals surface area contributed by atoms with Gasteiger partial charge in [-0.25, -0.2) is 0 Å². The van der Waals surface area contributed by atoms with Gasteiger partial charge in [-0.05, 0) is 81.3 Å². The molecule has 0 spiro atoms. The molecule has 8 rings (SSSR count). The Kier molecular flexibility index (Phi) is 8.97. The van der Waals surface area contributed by atoms with Crippen LogP contribution < -0.4 is 20.5 Å². The van der Waals surface area contributed by atoms with E-state index in [1.165, 1.54) is 15.6 Å². The van der Waals surface area contributed by atoms with E-state index < -0.39 is 8.07 Å². The average molecular weight is 686 g/mol. The molecule has 52 heavy (non-hydrogen) atoms. The van der Waals surface area contributed by atoms with Crippen molar-refractivity contribution in [2.75, 3.05) is 4.90 Å². The molecule has 0 radical (unpaired) electrons. The van der Waals surface area contributed by atoms with Crippen molar-refractivity contribution in [3.63, 3.8) is 0 Å². The van der Waals surface area contributed by atoms with Crippen LogP contribution in [0, 0.1) is 0 Å². The second-order valence-electron chi connectivity index (χ2n) is 12.9. The third-order valence-corrected chi connectivity index (χ3v) is 14.1. The number of rotatable bonds is 9. The first kappa shape index (κ1) is 32.6. The van der Waals surface area contributed by atoms with E-state index >= 15 is 0 Å². The van der Waals surface area contributed by atoms with E-state index in [2.05, 4.69) is 132 Å². The van der Waals surface area contributed by atoms with Gasteiger partial charge in [0.15, 0.2) is 19.6 Å². The highest BCUT2D eigenvalue weighted by atomic mass is 28.3. The fourth-order valence-electron chi connectivity index (χ4n) is 7.18. The summed E-state index contributed by atoms with van der Waals surface area (Å²) in [5, 5.41) is 3.80. The smallest absolute Gasteiger partial charge is 0.197 e. The van der Waals surface area contributed by atoms with E-state index in [0.717, 1.165) is 28.2 Å². The number of fused-ring (bicyclic) bond motifs is 1. The van der Waals surface area contributed by atoms with Crippen LogP contribution in [0.2, 0.25) is 0 Å². The molecule has 0 aliphatic heterocycles. The average Bonchev–Trinajstić information content (AvgIpc) is 3.45. The third-order valence-electron chi connectivity index (χ3n) is 9.73. The van der Waals surface area contributed by atoms with Gasteiger partial charge in [-0.1, -0.05) is 157 Å². The van der Waals surface area contributed by atoms with Gasteiger partial charge in [0.2, 0.25) is 0 Å². The summed E-state index contributed by atoms with van der Waals surface area (Å²) in [6, 6.07) is 66.0. The summed E-state index contributed by atoms with van der Waals surface area (Å²) < 4.78 is 0. The van der Waals surface area contributed by atoms with Crippen LogP contribution >= 0.6 is 0 Å². The molecule has 4 heteroatoms. The van der Waals surface area contributed by atoms with Crippen molar-refractivity contribution in [1.82, 2.24) is 0 Å². The van der Waals surface area contributed by atoms with Gasteiger partial charge in [-0.3, -0.25) is 9.59 Å². The van der Waals surface area contributed by atoms with Crippen LogP contribution in [0.1, 0.15) is 31.8 Å². The Morgan fingerprint density at radius 2 is 0.808 bits per heavy atom. The summed E-state index contributed by atoms with van der Waals surface area (Å²) in [6.45, 7) is 0. The van der Waals surface area contributed by atoms with Crippen molar-refractivity contribution >= 4 is 64.4 Å². The predicted molar refractivity (Wildman–Crippen MR) is 217 cm³/mol. The maximum absolute atomic E-state index is 13.9. The molecular weight excluding hydrogens is 651 g/mol. The first-order chi connectivity index (χ1) is 25.6. The standard InChI is InChI=1S/C48H35NO2Si/c50-47-44-31-28-37(32-33-52(41-20-10-3-11-21-41,42-22-12-4-13-23-42)43-24-14-5-15-25-43)34-45(44)48(51)46(47)35-36-26-29-40(30-27-36)49(38-16-6-1-7-17-38)39-18-8-2-9-19-39/h1-35H/b33-32+,46-35+. The van der Waals surface area contributed by atoms with Crippen molar-refractivity contribution in [1.29, 1.82) is 0 Å². The third kappa shape index (κ3) is 6.17. The molecule has 7 aromatic rings. The molecule has 0 amide bonds. The lowest BCUT2D eigenvalue weighted by Gasteiger charge is -2.30. The molecule has 0 unspecified atom stereocenters. The van der Waals surface area contributed by atoms with Gasteiger partial charge < -0.3 is 4.90 Å². The summed E-state index contributed by atoms with van der Waals surface area (Å²) in [5.74, 6) is -0.483. The minimum Gasteiger partial charge on any atom is -0.311 e. The number of carbonyl (C=O) groups is 2. The van der Waals surface area contributed by atoms with E-state index in [-0.39, 0.29) is 17.1 Å². The van der Waals surface area contributed by atoms with E-state index in [0.29, 0.717) is 11.1 Å². The number of nitrogens with zero attached hydrogens (tertiary/aromatic N) is 1. The highest BCUT2D eigenvalue weighted by molar-refractivity contribution is 7.15. The first-order valence-electron chi connectivity index (χ1n) is 17.4. The summed E-state index contributed by atoms with van der Waals surface area (Å²) in [6.07, 6.45) is 3.85. The number of carbonyl (C=O) groups excluding carboxylic acids is 2. The Morgan fingerprint density at radius 1 is 0.404 bits per heavy atom. The Bertz CT molecular complexity index is 2270. The van der Waals surface area contributed by atoms with Crippen LogP contribution in [0.25, 0.3) is 12.2 Å². The monoisotopic (exact) mass is 685 g/mol. The molecule has 0 atom stereocenters. The number of Topliss-reactive ketones (excluding diaryl/α,β-unsaturated/α-hetero) is 2. The number of hydrogen-bond acceptors (Lipinski definition) is 3. The zero-order valence-electron chi connectivity index (χ0n) is 28.5. The molecule has 248 valence electrons. The molecule has 0 heterocycles. The van der Waals surface area contributed by atoms with Gasteiger partial charge in [0.1, 0.15) is 0 Å². The van der Waals surface area contributed by atoms with Gasteiger partial charge in [0.05, 0.1) is 5.57 Å². The van der Waals surface area contributed by atoms with E-state index in [1.807, 2.05) is 72.8 Å². The largest absolute Gasteiger partial charge is 0.311 e. The van der Waals surface area contributed by atoms with Gasteiger partial charge in [0, 0.05) is 28.2 Å². The molecule has 0 fully saturated rings. The maximum atomic E-state index is 13.9. The molecule has 0 saturated heterocycles. The Balaban J connectivity index is 1.12. The minimum atomic E-state index is -2.63. The molecule has 0 saturated carbocycles. The summed E-state index contributed by atoms with van der Waals surface area (Å²) in [5.41, 5.74) is 8.16. The number of hydrogen-bond donors (Lipinski definition) is 0. The lowest BCUT2D eigenvalue weighted by atomic mass is 10.1. The zero-order valence-corrected chi connectivity index (χ0v) is 29.5. The number of allylic oxidation sites excluding steroid dienone is 1. The van der Waals surface area contributed by atoms with Crippen molar-refractivity contribution in [3.05, 3.63) is 228 Å². The fourth-order valence-corrected chi connectivity index (χ4v) is 11.4. The highest BCUT2D eigenvalue weighted by Crippen LogP contribution is 2.35. The normalized spacial score (nSPS) is 13.4. The lowest BCUT2D eigenvalue weighted by molar-refractivity contribution is 0.0990. The first-order valence-corrected chi connectivity index (χ1v) is 19.5. The predicted octanol–water partition coefficient (Wildman–Crippen LogP) is 9.34. The fraction of sp³-hybridized carbons (Fsp3) is 0. The summed E-state index contributed by atoms with van der Waals surface area (Å²) in [4.78, 5) is 29.7. The topological polar surface area (TPSA) is 37.4 Å². The van der Waals surface area contributed by atoms with Crippen LogP contribution in [0.3, 0.4) is 0 Å². The minimum absolute atomic E-state index is 0.188. The number of ketones is 2. The quantitative estimate of drug-likeness (QED) is 0.0658. The Morgan fingerprint density at radius 3 is 1.29 bits per heavy atom. The highest BCUT2D eigenvalue weighted by Gasteiger charge is 2.37. The molecule has 1 aliphatic rings. The van der Waals surface area contributed by atoms with Crippen LogP contribution in [-0.2, 0) is 0 Å². The van der Waals surface area contributed by atoms with Crippen molar-refractivity contribution in [2.45, 2.75) is 0 Å². The Labute approximate surface area is 305 Å². The number of anilines is 3. The number of para-hydroxylation sites is 2. The van der Waals surface area contributed by atoms with Gasteiger partial charge >= 0.3 is 0 Å². The molecule has 3 nitrogen and oxygen atoms in total. The molecule has 1 aliphatic carbocycles. The second-order valence-corrected chi connectivity index (χ2v) is 16.5. The van der Waals surface area contributed by atoms with Crippen LogP contribution in [-0.4, -0.2) is 19.6 Å². The van der Waals surface area contributed by atoms with Gasteiger partial charge in [0.25, 0.3) is 0 Å². The lowest BCUT2D eigenvalue weighted by Crippen LogP contribution is -2.66. The van der Waals surface area contributed by atoms with E-state index in [9.17, 15) is 9.59 Å². The molecular formula is C48H35NO2Si. The second kappa shape index (κ2) is 14.3. The van der Waals surface area contributed by atoms with Crippen LogP contribution in [0.4, 0.5) is 17.1 Å². The summed E-state index contributed by atoms with van der Waals surface area (Å²) in [7, 11) is -2.63. The van der Waals surface area contributed by atoms with Crippen LogP contribution in [0.5, 0.6) is 0 Å². The van der Waals surface area contributed by atoms with Crippen molar-refractivity contribution < 1.29 is 9.59 Å².